The molecule has 0 bridgehead atoms. The van der Waals surface area contributed by atoms with Gasteiger partial charge in [-0.2, -0.15) is 0 Å². The molecule has 0 aromatic carbocycles. The van der Waals surface area contributed by atoms with E-state index in [4.69, 9.17) is 0 Å². The number of aromatic nitrogens is 2. The number of carbonyl (C=O) groups excluding carboxylic acids is 1. The molecule has 0 spiro atoms. The third kappa shape index (κ3) is 2.46. The summed E-state index contributed by atoms with van der Waals surface area (Å²) in [6.45, 7) is 4.76. The Morgan fingerprint density at radius 3 is 2.85 bits per heavy atom. The first-order valence-electron chi connectivity index (χ1n) is 7.05. The molecule has 0 atom stereocenters. The Labute approximate surface area is 118 Å². The van der Waals surface area contributed by atoms with Crippen molar-refractivity contribution in [3.63, 3.8) is 0 Å². The van der Waals surface area contributed by atoms with E-state index in [-0.39, 0.29) is 5.91 Å². The maximum atomic E-state index is 12.2. The monoisotopic (exact) mass is 269 g/mol. The number of carbonyl (C=O) groups is 1. The fraction of sp³-hybridized carbons (Fsp3) is 0.375. The van der Waals surface area contributed by atoms with Gasteiger partial charge in [-0.3, -0.25) is 4.79 Å². The first-order chi connectivity index (χ1) is 9.66. The Kier molecular flexibility index (Phi) is 3.30. The van der Waals surface area contributed by atoms with Crippen molar-refractivity contribution in [2.75, 3.05) is 6.54 Å². The van der Waals surface area contributed by atoms with Crippen LogP contribution in [0.25, 0.3) is 5.82 Å². The van der Waals surface area contributed by atoms with Gasteiger partial charge in [-0.05, 0) is 50.8 Å². The molecule has 2 heterocycles. The molecule has 1 saturated carbocycles. The van der Waals surface area contributed by atoms with Gasteiger partial charge in [0.2, 0.25) is 0 Å². The van der Waals surface area contributed by atoms with E-state index in [9.17, 15) is 4.79 Å². The lowest BCUT2D eigenvalue weighted by Gasteiger charge is -2.08. The molecule has 1 N–H and O–H groups in total. The molecule has 3 rings (SSSR count). The minimum absolute atomic E-state index is 0.0205. The Hall–Kier alpha value is -2.10. The standard InChI is InChI=1S/C16H19N3O/c1-11-9-14(16(20)18-10-13-6-7-13)12(2)19(11)15-5-3-4-8-17-15/h3-5,8-9,13H,6-7,10H2,1-2H3,(H,18,20). The van der Waals surface area contributed by atoms with Gasteiger partial charge >= 0.3 is 0 Å². The number of hydrogen-bond acceptors (Lipinski definition) is 2. The third-order valence-electron chi connectivity index (χ3n) is 3.80. The molecule has 0 aliphatic heterocycles. The molecular weight excluding hydrogens is 250 g/mol. The van der Waals surface area contributed by atoms with Crippen molar-refractivity contribution >= 4 is 5.91 Å². The van der Waals surface area contributed by atoms with Gasteiger partial charge in [-0.25, -0.2) is 4.98 Å². The average Bonchev–Trinajstić information content (AvgIpc) is 3.23. The smallest absolute Gasteiger partial charge is 0.253 e. The van der Waals surface area contributed by atoms with Crippen molar-refractivity contribution in [3.8, 4) is 5.82 Å². The summed E-state index contributed by atoms with van der Waals surface area (Å²) in [6.07, 6.45) is 4.25. The van der Waals surface area contributed by atoms with Gasteiger partial charge in [0.15, 0.2) is 0 Å². The Bertz CT molecular complexity index is 627. The van der Waals surface area contributed by atoms with Crippen molar-refractivity contribution in [1.29, 1.82) is 0 Å². The van der Waals surface area contributed by atoms with Gasteiger partial charge in [-0.15, -0.1) is 0 Å². The van der Waals surface area contributed by atoms with Crippen LogP contribution in [0.2, 0.25) is 0 Å². The first kappa shape index (κ1) is 12.9. The van der Waals surface area contributed by atoms with Crippen molar-refractivity contribution in [2.45, 2.75) is 26.7 Å². The zero-order valence-electron chi connectivity index (χ0n) is 11.9. The van der Waals surface area contributed by atoms with Gasteiger partial charge in [0.05, 0.1) is 5.56 Å². The number of rotatable bonds is 4. The maximum Gasteiger partial charge on any atom is 0.253 e. The maximum absolute atomic E-state index is 12.2. The highest BCUT2D eigenvalue weighted by Crippen LogP contribution is 2.28. The summed E-state index contributed by atoms with van der Waals surface area (Å²) in [6, 6.07) is 7.73. The van der Waals surface area contributed by atoms with E-state index in [2.05, 4.69) is 10.3 Å². The van der Waals surface area contributed by atoms with E-state index >= 15 is 0 Å². The normalized spacial score (nSPS) is 14.3. The Morgan fingerprint density at radius 2 is 2.20 bits per heavy atom. The SMILES string of the molecule is Cc1cc(C(=O)NCC2CC2)c(C)n1-c1ccccn1. The van der Waals surface area contributed by atoms with Crippen LogP contribution < -0.4 is 5.32 Å². The van der Waals surface area contributed by atoms with Crippen molar-refractivity contribution < 1.29 is 4.79 Å². The Morgan fingerprint density at radius 1 is 1.40 bits per heavy atom. The molecule has 1 fully saturated rings. The summed E-state index contributed by atoms with van der Waals surface area (Å²) < 4.78 is 2.02. The molecule has 1 aliphatic rings. The molecule has 4 heteroatoms. The lowest BCUT2D eigenvalue weighted by atomic mass is 10.2. The fourth-order valence-corrected chi connectivity index (χ4v) is 2.49. The highest BCUT2D eigenvalue weighted by atomic mass is 16.1. The first-order valence-corrected chi connectivity index (χ1v) is 7.05. The van der Waals surface area contributed by atoms with Gasteiger partial charge in [0.25, 0.3) is 5.91 Å². The zero-order valence-corrected chi connectivity index (χ0v) is 11.9. The topological polar surface area (TPSA) is 46.9 Å². The van der Waals surface area contributed by atoms with E-state index in [1.807, 2.05) is 42.7 Å². The van der Waals surface area contributed by atoms with Crippen molar-refractivity contribution in [2.24, 2.45) is 5.92 Å². The number of nitrogens with zero attached hydrogens (tertiary/aromatic N) is 2. The molecule has 2 aromatic heterocycles. The summed E-state index contributed by atoms with van der Waals surface area (Å²) in [5, 5.41) is 3.02. The van der Waals surface area contributed by atoms with Crippen LogP contribution in [0.5, 0.6) is 0 Å². The van der Waals surface area contributed by atoms with Gasteiger partial charge in [0.1, 0.15) is 5.82 Å². The predicted molar refractivity (Wildman–Crippen MR) is 78.1 cm³/mol. The van der Waals surface area contributed by atoms with E-state index in [1.54, 1.807) is 6.20 Å². The largest absolute Gasteiger partial charge is 0.352 e. The number of nitrogens with one attached hydrogen (secondary N) is 1. The number of aryl methyl sites for hydroxylation is 1. The quantitative estimate of drug-likeness (QED) is 0.927. The molecule has 0 unspecified atom stereocenters. The molecule has 4 nitrogen and oxygen atoms in total. The van der Waals surface area contributed by atoms with Crippen LogP contribution in [0.15, 0.2) is 30.5 Å². The highest BCUT2D eigenvalue weighted by Gasteiger charge is 2.23. The molecule has 2 aromatic rings. The summed E-state index contributed by atoms with van der Waals surface area (Å²) in [7, 11) is 0. The van der Waals surface area contributed by atoms with Crippen LogP contribution in [-0.2, 0) is 0 Å². The predicted octanol–water partition coefficient (Wildman–Crippen LogP) is 2.63. The minimum Gasteiger partial charge on any atom is -0.352 e. The molecular formula is C16H19N3O. The van der Waals surface area contributed by atoms with Crippen LogP contribution in [0.3, 0.4) is 0 Å². The number of pyridine rings is 1. The van der Waals surface area contributed by atoms with E-state index in [0.29, 0.717) is 5.92 Å². The lowest BCUT2D eigenvalue weighted by Crippen LogP contribution is -2.25. The molecule has 0 saturated heterocycles. The van der Waals surface area contributed by atoms with Crippen LogP contribution in [-0.4, -0.2) is 22.0 Å². The third-order valence-corrected chi connectivity index (χ3v) is 3.80. The van der Waals surface area contributed by atoms with E-state index in [0.717, 1.165) is 29.3 Å². The van der Waals surface area contributed by atoms with Crippen LogP contribution in [0.1, 0.15) is 34.6 Å². The zero-order chi connectivity index (χ0) is 14.1. The second-order valence-corrected chi connectivity index (χ2v) is 5.46. The van der Waals surface area contributed by atoms with E-state index in [1.165, 1.54) is 12.8 Å². The molecule has 1 amide bonds. The summed E-state index contributed by atoms with van der Waals surface area (Å²) in [4.78, 5) is 16.6. The van der Waals surface area contributed by atoms with Crippen LogP contribution in [0, 0.1) is 19.8 Å². The Balaban J connectivity index is 1.87. The second kappa shape index (κ2) is 5.12. The van der Waals surface area contributed by atoms with Crippen LogP contribution >= 0.6 is 0 Å². The molecule has 20 heavy (non-hydrogen) atoms. The molecule has 104 valence electrons. The van der Waals surface area contributed by atoms with E-state index < -0.39 is 0 Å². The van der Waals surface area contributed by atoms with Crippen molar-refractivity contribution in [3.05, 3.63) is 47.4 Å². The lowest BCUT2D eigenvalue weighted by molar-refractivity contribution is 0.0951. The van der Waals surface area contributed by atoms with Gasteiger partial charge < -0.3 is 9.88 Å². The highest BCUT2D eigenvalue weighted by molar-refractivity contribution is 5.95. The fourth-order valence-electron chi connectivity index (χ4n) is 2.49. The summed E-state index contributed by atoms with van der Waals surface area (Å²) in [5.41, 5.74) is 2.71. The van der Waals surface area contributed by atoms with Crippen molar-refractivity contribution in [1.82, 2.24) is 14.9 Å². The molecule has 1 aliphatic carbocycles. The van der Waals surface area contributed by atoms with Gasteiger partial charge in [0, 0.05) is 24.1 Å². The minimum atomic E-state index is 0.0205. The number of amides is 1. The summed E-state index contributed by atoms with van der Waals surface area (Å²) in [5.74, 6) is 1.56. The number of hydrogen-bond donors (Lipinski definition) is 1. The second-order valence-electron chi connectivity index (χ2n) is 5.46. The van der Waals surface area contributed by atoms with Crippen LogP contribution in [0.4, 0.5) is 0 Å². The van der Waals surface area contributed by atoms with Gasteiger partial charge in [-0.1, -0.05) is 6.07 Å². The average molecular weight is 269 g/mol. The summed E-state index contributed by atoms with van der Waals surface area (Å²) >= 11 is 0. The molecule has 0 radical (unpaired) electrons.